The molecule has 0 bridgehead atoms. The molecule has 2 rings (SSSR count). The zero-order valence-corrected chi connectivity index (χ0v) is 10.5. The molecule has 0 saturated carbocycles. The highest BCUT2D eigenvalue weighted by Gasteiger charge is 2.14. The van der Waals surface area contributed by atoms with E-state index < -0.39 is 0 Å². The average molecular weight is 321 g/mol. The van der Waals surface area contributed by atoms with Gasteiger partial charge in [0.25, 0.3) is 0 Å². The summed E-state index contributed by atoms with van der Waals surface area (Å²) >= 11 is 2.34. The van der Waals surface area contributed by atoms with Gasteiger partial charge in [-0.3, -0.25) is 9.88 Å². The number of aromatic nitrogens is 1. The number of piperazine rings is 1. The van der Waals surface area contributed by atoms with Crippen molar-refractivity contribution in [2.45, 2.75) is 6.54 Å². The van der Waals surface area contributed by atoms with Gasteiger partial charge >= 0.3 is 0 Å². The number of pyridine rings is 1. The molecule has 0 unspecified atom stereocenters. The van der Waals surface area contributed by atoms with Crippen LogP contribution >= 0.6 is 22.9 Å². The van der Waals surface area contributed by atoms with E-state index in [-0.39, 0.29) is 5.82 Å². The van der Waals surface area contributed by atoms with Gasteiger partial charge in [-0.15, -0.1) is 0 Å². The number of rotatable bonds is 2. The molecule has 2 heterocycles. The summed E-state index contributed by atoms with van der Waals surface area (Å²) in [5.74, 6) is -0.250. The normalized spacial score (nSPS) is 19.3. The predicted molar refractivity (Wildman–Crippen MR) is 65.1 cm³/mol. The first-order chi connectivity index (χ1) is 7.24. The molecule has 0 aromatic carbocycles. The molecule has 0 amide bonds. The Morgan fingerprint density at radius 2 is 2.00 bits per heavy atom. The second-order valence-corrected chi connectivity index (χ2v) is 5.06. The molecule has 1 aromatic rings. The Kier molecular flexibility index (Phi) is 3.87. The molecule has 0 spiro atoms. The number of halogens is 2. The molecular formula is C10H13FIN3. The van der Waals surface area contributed by atoms with Gasteiger partial charge < -0.3 is 0 Å². The van der Waals surface area contributed by atoms with Crippen LogP contribution in [0.1, 0.15) is 5.56 Å². The van der Waals surface area contributed by atoms with Crippen molar-refractivity contribution in [1.82, 2.24) is 13.0 Å². The Labute approximate surface area is 103 Å². The van der Waals surface area contributed by atoms with E-state index in [1.165, 1.54) is 6.20 Å². The fraction of sp³-hybridized carbons (Fsp3) is 0.500. The predicted octanol–water partition coefficient (Wildman–Crippen LogP) is 1.69. The maximum absolute atomic E-state index is 12.9. The lowest BCUT2D eigenvalue weighted by Gasteiger charge is -2.30. The van der Waals surface area contributed by atoms with Crippen molar-refractivity contribution in [1.29, 1.82) is 0 Å². The van der Waals surface area contributed by atoms with Crippen LogP contribution < -0.4 is 0 Å². The first-order valence-electron chi connectivity index (χ1n) is 4.96. The molecule has 1 aliphatic rings. The molecule has 1 aromatic heterocycles. The van der Waals surface area contributed by atoms with Crippen molar-refractivity contribution in [2.24, 2.45) is 0 Å². The third kappa shape index (κ3) is 3.35. The Hall–Kier alpha value is -0.270. The quantitative estimate of drug-likeness (QED) is 0.610. The Morgan fingerprint density at radius 3 is 2.67 bits per heavy atom. The first kappa shape index (κ1) is 11.2. The molecule has 1 fully saturated rings. The summed E-state index contributed by atoms with van der Waals surface area (Å²) < 4.78 is 15.2. The lowest BCUT2D eigenvalue weighted by atomic mass is 10.2. The topological polar surface area (TPSA) is 19.4 Å². The van der Waals surface area contributed by atoms with Crippen molar-refractivity contribution in [3.05, 3.63) is 29.8 Å². The number of nitrogens with zero attached hydrogens (tertiary/aromatic N) is 3. The molecule has 1 aliphatic heterocycles. The summed E-state index contributed by atoms with van der Waals surface area (Å²) in [7, 11) is 0. The van der Waals surface area contributed by atoms with Crippen LogP contribution in [-0.4, -0.2) is 39.2 Å². The van der Waals surface area contributed by atoms with Crippen LogP contribution in [0.5, 0.6) is 0 Å². The first-order valence-corrected chi connectivity index (χ1v) is 5.93. The lowest BCUT2D eigenvalue weighted by molar-refractivity contribution is 0.198. The summed E-state index contributed by atoms with van der Waals surface area (Å²) in [6.07, 6.45) is 2.98. The Balaban J connectivity index is 1.92. The van der Waals surface area contributed by atoms with Crippen LogP contribution in [0.2, 0.25) is 0 Å². The van der Waals surface area contributed by atoms with E-state index in [1.54, 1.807) is 12.3 Å². The summed E-state index contributed by atoms with van der Waals surface area (Å²) in [5, 5.41) is 0. The van der Waals surface area contributed by atoms with Crippen molar-refractivity contribution < 1.29 is 4.39 Å². The number of hydrogen-bond donors (Lipinski definition) is 0. The van der Waals surface area contributed by atoms with Crippen LogP contribution in [0.4, 0.5) is 4.39 Å². The van der Waals surface area contributed by atoms with Gasteiger partial charge in [-0.2, -0.15) is 0 Å². The van der Waals surface area contributed by atoms with Crippen molar-refractivity contribution in [3.8, 4) is 0 Å². The Morgan fingerprint density at radius 1 is 1.27 bits per heavy atom. The van der Waals surface area contributed by atoms with Crippen LogP contribution in [0.25, 0.3) is 0 Å². The molecule has 15 heavy (non-hydrogen) atoms. The minimum absolute atomic E-state index is 0.250. The summed E-state index contributed by atoms with van der Waals surface area (Å²) in [6.45, 7) is 5.03. The molecule has 0 radical (unpaired) electrons. The molecular weight excluding hydrogens is 308 g/mol. The van der Waals surface area contributed by atoms with Crippen LogP contribution in [0, 0.1) is 5.82 Å². The average Bonchev–Trinajstić information content (AvgIpc) is 2.22. The smallest absolute Gasteiger partial charge is 0.141 e. The number of hydrogen-bond acceptors (Lipinski definition) is 3. The molecule has 0 aliphatic carbocycles. The summed E-state index contributed by atoms with van der Waals surface area (Å²) in [4.78, 5) is 6.18. The van der Waals surface area contributed by atoms with E-state index in [9.17, 15) is 4.39 Å². The SMILES string of the molecule is Fc1cncc(CN2CCN(I)CC2)c1. The minimum atomic E-state index is -0.250. The van der Waals surface area contributed by atoms with E-state index in [0.29, 0.717) is 0 Å². The van der Waals surface area contributed by atoms with E-state index in [0.717, 1.165) is 38.3 Å². The highest BCUT2D eigenvalue weighted by atomic mass is 127. The van der Waals surface area contributed by atoms with Gasteiger partial charge in [0.05, 0.1) is 6.20 Å². The second kappa shape index (κ2) is 5.18. The van der Waals surface area contributed by atoms with Crippen LogP contribution in [-0.2, 0) is 6.54 Å². The van der Waals surface area contributed by atoms with Crippen molar-refractivity contribution in [3.63, 3.8) is 0 Å². The van der Waals surface area contributed by atoms with Gasteiger partial charge in [0.1, 0.15) is 5.82 Å². The fourth-order valence-corrected chi connectivity index (χ4v) is 2.11. The fourth-order valence-electron chi connectivity index (χ4n) is 1.68. The Bertz CT molecular complexity index is 326. The van der Waals surface area contributed by atoms with E-state index >= 15 is 0 Å². The summed E-state index contributed by atoms with van der Waals surface area (Å²) in [5.41, 5.74) is 0.955. The minimum Gasteiger partial charge on any atom is -0.296 e. The van der Waals surface area contributed by atoms with E-state index in [1.807, 2.05) is 0 Å². The van der Waals surface area contributed by atoms with E-state index in [2.05, 4.69) is 35.9 Å². The van der Waals surface area contributed by atoms with Gasteiger partial charge in [-0.1, -0.05) is 0 Å². The molecule has 0 atom stereocenters. The lowest BCUT2D eigenvalue weighted by Crippen LogP contribution is -2.41. The highest BCUT2D eigenvalue weighted by Crippen LogP contribution is 2.10. The summed E-state index contributed by atoms with van der Waals surface area (Å²) in [6, 6.07) is 1.56. The van der Waals surface area contributed by atoms with Crippen molar-refractivity contribution in [2.75, 3.05) is 26.2 Å². The standard InChI is InChI=1S/C10H13FIN3/c11-10-5-9(6-13-7-10)8-14-1-3-15(12)4-2-14/h5-7H,1-4,8H2. The zero-order valence-electron chi connectivity index (χ0n) is 8.37. The maximum Gasteiger partial charge on any atom is 0.141 e. The van der Waals surface area contributed by atoms with Gasteiger partial charge in [-0.25, -0.2) is 7.50 Å². The molecule has 0 N–H and O–H groups in total. The molecule has 5 heteroatoms. The molecule has 1 saturated heterocycles. The second-order valence-electron chi connectivity index (χ2n) is 3.70. The third-order valence-corrected chi connectivity index (χ3v) is 3.45. The maximum atomic E-state index is 12.9. The third-order valence-electron chi connectivity index (χ3n) is 2.49. The van der Waals surface area contributed by atoms with Crippen LogP contribution in [0.3, 0.4) is 0 Å². The van der Waals surface area contributed by atoms with Gasteiger partial charge in [0.15, 0.2) is 0 Å². The highest BCUT2D eigenvalue weighted by molar-refractivity contribution is 14.1. The largest absolute Gasteiger partial charge is 0.296 e. The van der Waals surface area contributed by atoms with Crippen molar-refractivity contribution >= 4 is 22.9 Å². The van der Waals surface area contributed by atoms with Gasteiger partial charge in [0.2, 0.25) is 0 Å². The monoisotopic (exact) mass is 321 g/mol. The molecule has 3 nitrogen and oxygen atoms in total. The zero-order chi connectivity index (χ0) is 10.7. The van der Waals surface area contributed by atoms with Gasteiger partial charge in [-0.05, 0) is 11.6 Å². The van der Waals surface area contributed by atoms with Gasteiger partial charge in [0, 0.05) is 61.8 Å². The van der Waals surface area contributed by atoms with E-state index in [4.69, 9.17) is 0 Å². The molecule has 82 valence electrons. The van der Waals surface area contributed by atoms with Crippen LogP contribution in [0.15, 0.2) is 18.5 Å².